The van der Waals surface area contributed by atoms with Gasteiger partial charge in [-0.25, -0.2) is 0 Å². The minimum atomic E-state index is 0.228. The van der Waals surface area contributed by atoms with Crippen molar-refractivity contribution in [3.63, 3.8) is 0 Å². The molecule has 1 atom stereocenters. The fourth-order valence-electron chi connectivity index (χ4n) is 3.35. The highest BCUT2D eigenvalue weighted by molar-refractivity contribution is 4.90. The molecule has 100 valence electrons. The Bertz CT molecular complexity index is 235. The molecule has 0 spiro atoms. The summed E-state index contributed by atoms with van der Waals surface area (Å²) >= 11 is 0. The average Bonchev–Trinajstić information content (AvgIpc) is 2.77. The minimum Gasteiger partial charge on any atom is -0.396 e. The van der Waals surface area contributed by atoms with Crippen molar-refractivity contribution in [3.05, 3.63) is 0 Å². The topological polar surface area (TPSA) is 35.5 Å². The summed E-state index contributed by atoms with van der Waals surface area (Å²) in [7, 11) is 0. The molecule has 3 nitrogen and oxygen atoms in total. The average molecular weight is 240 g/mol. The van der Waals surface area contributed by atoms with Crippen molar-refractivity contribution in [1.82, 2.24) is 10.2 Å². The van der Waals surface area contributed by atoms with Gasteiger partial charge in [0.2, 0.25) is 0 Å². The molecular formula is C14H28N2O. The second-order valence-electron chi connectivity index (χ2n) is 6.53. The molecule has 0 aromatic rings. The number of likely N-dealkylation sites (tertiary alicyclic amines) is 1. The lowest BCUT2D eigenvalue weighted by atomic mass is 9.76. The van der Waals surface area contributed by atoms with Gasteiger partial charge in [-0.3, -0.25) is 0 Å². The Hall–Kier alpha value is -0.120. The second-order valence-corrected chi connectivity index (χ2v) is 6.53. The first-order valence-electron chi connectivity index (χ1n) is 7.15. The molecule has 17 heavy (non-hydrogen) atoms. The number of rotatable bonds is 4. The van der Waals surface area contributed by atoms with E-state index in [1.54, 1.807) is 0 Å². The first-order chi connectivity index (χ1) is 8.11. The summed E-state index contributed by atoms with van der Waals surface area (Å²) in [6.07, 6.45) is 4.77. The molecule has 2 rings (SSSR count). The first kappa shape index (κ1) is 13.3. The highest BCUT2D eigenvalue weighted by Crippen LogP contribution is 2.36. The summed E-state index contributed by atoms with van der Waals surface area (Å²) in [5, 5.41) is 13.0. The molecule has 2 heterocycles. The van der Waals surface area contributed by atoms with Gasteiger partial charge in [-0.05, 0) is 56.1 Å². The third kappa shape index (κ3) is 3.01. The predicted octanol–water partition coefficient (Wildman–Crippen LogP) is 1.47. The van der Waals surface area contributed by atoms with Crippen molar-refractivity contribution in [1.29, 1.82) is 0 Å². The molecule has 2 fully saturated rings. The molecule has 2 N–H and O–H groups in total. The number of piperidine rings is 1. The summed E-state index contributed by atoms with van der Waals surface area (Å²) in [5.74, 6) is 0. The second kappa shape index (κ2) is 5.25. The first-order valence-corrected chi connectivity index (χ1v) is 7.15. The van der Waals surface area contributed by atoms with Crippen LogP contribution in [-0.2, 0) is 0 Å². The minimum absolute atomic E-state index is 0.228. The number of aliphatic hydroxyl groups is 1. The van der Waals surface area contributed by atoms with Gasteiger partial charge in [0.05, 0.1) is 0 Å². The normalized spacial score (nSPS) is 34.1. The van der Waals surface area contributed by atoms with E-state index < -0.39 is 0 Å². The zero-order valence-electron chi connectivity index (χ0n) is 11.5. The van der Waals surface area contributed by atoms with Crippen LogP contribution in [0.15, 0.2) is 0 Å². The van der Waals surface area contributed by atoms with Crippen LogP contribution < -0.4 is 5.32 Å². The Kier molecular flexibility index (Phi) is 4.11. The van der Waals surface area contributed by atoms with Gasteiger partial charge in [0.25, 0.3) is 0 Å². The van der Waals surface area contributed by atoms with Crippen molar-refractivity contribution < 1.29 is 5.11 Å². The SMILES string of the molecule is CCC1(CO)CCN(CC2(C)CCNC2)CC1. The maximum atomic E-state index is 9.53. The van der Waals surface area contributed by atoms with Crippen molar-refractivity contribution in [2.24, 2.45) is 10.8 Å². The molecule has 3 heteroatoms. The van der Waals surface area contributed by atoms with E-state index >= 15 is 0 Å². The van der Waals surface area contributed by atoms with Crippen LogP contribution in [0, 0.1) is 10.8 Å². The maximum Gasteiger partial charge on any atom is 0.0488 e. The van der Waals surface area contributed by atoms with E-state index in [0.717, 1.165) is 6.42 Å². The van der Waals surface area contributed by atoms with Gasteiger partial charge in [-0.2, -0.15) is 0 Å². The van der Waals surface area contributed by atoms with E-state index in [4.69, 9.17) is 0 Å². The number of nitrogens with zero attached hydrogens (tertiary/aromatic N) is 1. The fraction of sp³-hybridized carbons (Fsp3) is 1.00. The largest absolute Gasteiger partial charge is 0.396 e. The number of hydrogen-bond acceptors (Lipinski definition) is 3. The Balaban J connectivity index is 1.83. The van der Waals surface area contributed by atoms with Gasteiger partial charge in [0.15, 0.2) is 0 Å². The van der Waals surface area contributed by atoms with E-state index in [2.05, 4.69) is 24.1 Å². The summed E-state index contributed by atoms with van der Waals surface area (Å²) in [4.78, 5) is 2.61. The maximum absolute atomic E-state index is 9.53. The lowest BCUT2D eigenvalue weighted by Gasteiger charge is -2.42. The Morgan fingerprint density at radius 2 is 1.94 bits per heavy atom. The van der Waals surface area contributed by atoms with Crippen LogP contribution in [0.4, 0.5) is 0 Å². The van der Waals surface area contributed by atoms with Crippen LogP contribution in [-0.4, -0.2) is 49.3 Å². The highest BCUT2D eigenvalue weighted by Gasteiger charge is 2.36. The van der Waals surface area contributed by atoms with Crippen LogP contribution in [0.5, 0.6) is 0 Å². The van der Waals surface area contributed by atoms with Crippen molar-refractivity contribution in [3.8, 4) is 0 Å². The zero-order valence-corrected chi connectivity index (χ0v) is 11.5. The molecule has 0 saturated carbocycles. The number of nitrogens with one attached hydrogen (secondary N) is 1. The molecule has 2 aliphatic rings. The van der Waals surface area contributed by atoms with Gasteiger partial charge in [-0.1, -0.05) is 13.8 Å². The van der Waals surface area contributed by atoms with Gasteiger partial charge in [0.1, 0.15) is 0 Å². The fourth-order valence-corrected chi connectivity index (χ4v) is 3.35. The molecule has 2 saturated heterocycles. The van der Waals surface area contributed by atoms with Gasteiger partial charge in [0, 0.05) is 19.7 Å². The highest BCUT2D eigenvalue weighted by atomic mass is 16.3. The smallest absolute Gasteiger partial charge is 0.0488 e. The quantitative estimate of drug-likeness (QED) is 0.781. The van der Waals surface area contributed by atoms with Gasteiger partial charge < -0.3 is 15.3 Å². The van der Waals surface area contributed by atoms with E-state index in [1.165, 1.54) is 52.0 Å². The summed E-state index contributed by atoms with van der Waals surface area (Å²) < 4.78 is 0. The Morgan fingerprint density at radius 1 is 1.24 bits per heavy atom. The van der Waals surface area contributed by atoms with Crippen LogP contribution in [0.3, 0.4) is 0 Å². The number of aliphatic hydroxyl groups excluding tert-OH is 1. The van der Waals surface area contributed by atoms with Crippen molar-refractivity contribution >= 4 is 0 Å². The van der Waals surface area contributed by atoms with Crippen molar-refractivity contribution in [2.45, 2.75) is 39.5 Å². The van der Waals surface area contributed by atoms with Crippen LogP contribution in [0.2, 0.25) is 0 Å². The Labute approximate surface area is 106 Å². The summed E-state index contributed by atoms with van der Waals surface area (Å²) in [6, 6.07) is 0. The standard InChI is InChI=1S/C14H28N2O/c1-3-14(12-17)5-8-16(9-6-14)11-13(2)4-7-15-10-13/h15,17H,3-12H2,1-2H3. The Morgan fingerprint density at radius 3 is 2.41 bits per heavy atom. The van der Waals surface area contributed by atoms with E-state index in [-0.39, 0.29) is 5.41 Å². The predicted molar refractivity (Wildman–Crippen MR) is 71.1 cm³/mol. The summed E-state index contributed by atoms with van der Waals surface area (Å²) in [6.45, 7) is 10.9. The molecule has 0 bridgehead atoms. The third-order valence-corrected chi connectivity index (χ3v) is 5.06. The molecular weight excluding hydrogens is 212 g/mol. The van der Waals surface area contributed by atoms with Gasteiger partial charge in [-0.15, -0.1) is 0 Å². The molecule has 0 radical (unpaired) electrons. The molecule has 0 aromatic carbocycles. The van der Waals surface area contributed by atoms with Crippen molar-refractivity contribution in [2.75, 3.05) is 39.3 Å². The number of hydrogen-bond donors (Lipinski definition) is 2. The van der Waals surface area contributed by atoms with E-state index in [0.29, 0.717) is 12.0 Å². The van der Waals surface area contributed by atoms with Crippen LogP contribution >= 0.6 is 0 Å². The molecule has 2 aliphatic heterocycles. The van der Waals surface area contributed by atoms with Crippen LogP contribution in [0.25, 0.3) is 0 Å². The molecule has 1 unspecified atom stereocenters. The van der Waals surface area contributed by atoms with Gasteiger partial charge >= 0.3 is 0 Å². The lowest BCUT2D eigenvalue weighted by Crippen LogP contribution is -2.46. The summed E-state index contributed by atoms with van der Waals surface area (Å²) in [5.41, 5.74) is 0.705. The zero-order chi connectivity index (χ0) is 12.4. The lowest BCUT2D eigenvalue weighted by molar-refractivity contribution is 0.0280. The third-order valence-electron chi connectivity index (χ3n) is 5.06. The molecule has 0 aliphatic carbocycles. The van der Waals surface area contributed by atoms with E-state index in [1.807, 2.05) is 0 Å². The molecule has 0 aromatic heterocycles. The monoisotopic (exact) mass is 240 g/mol. The van der Waals surface area contributed by atoms with Crippen LogP contribution in [0.1, 0.15) is 39.5 Å². The van der Waals surface area contributed by atoms with E-state index in [9.17, 15) is 5.11 Å². The molecule has 0 amide bonds.